The third kappa shape index (κ3) is 6.48. The summed E-state index contributed by atoms with van der Waals surface area (Å²) in [5, 5.41) is 0. The Morgan fingerprint density at radius 2 is 1.33 bits per heavy atom. The molecule has 2 aromatic rings. The van der Waals surface area contributed by atoms with Crippen molar-refractivity contribution in [2.24, 2.45) is 9.98 Å². The van der Waals surface area contributed by atoms with Crippen LogP contribution in [0.4, 0.5) is 11.4 Å². The first-order valence-corrected chi connectivity index (χ1v) is 7.27. The number of hydrogen-bond acceptors (Lipinski definition) is 2. The lowest BCUT2D eigenvalue weighted by Crippen LogP contribution is -1.76. The molecule has 2 heteroatoms. The molecule has 0 aliphatic heterocycles. The number of aliphatic imine (C=N–C) groups is 2. The Kier molecular flexibility index (Phi) is 6.70. The number of para-hydroxylation sites is 2. The minimum atomic E-state index is 0.983. The predicted molar refractivity (Wildman–Crippen MR) is 92.2 cm³/mol. The molecule has 0 bridgehead atoms. The van der Waals surface area contributed by atoms with Crippen molar-refractivity contribution in [2.45, 2.75) is 19.3 Å². The molecule has 0 N–H and O–H groups in total. The predicted octanol–water partition coefficient (Wildman–Crippen LogP) is 5.52. The first kappa shape index (κ1) is 14.9. The van der Waals surface area contributed by atoms with Gasteiger partial charge in [0.1, 0.15) is 0 Å². The van der Waals surface area contributed by atoms with E-state index in [4.69, 9.17) is 0 Å². The topological polar surface area (TPSA) is 24.7 Å². The lowest BCUT2D eigenvalue weighted by Gasteiger charge is -1.92. The summed E-state index contributed by atoms with van der Waals surface area (Å²) < 4.78 is 0. The molecule has 0 saturated heterocycles. The van der Waals surface area contributed by atoms with Crippen LogP contribution in [0, 0.1) is 0 Å². The first-order chi connectivity index (χ1) is 10.4. The minimum Gasteiger partial charge on any atom is -0.261 e. The van der Waals surface area contributed by atoms with Gasteiger partial charge in [0.15, 0.2) is 0 Å². The Balaban J connectivity index is 1.60. The van der Waals surface area contributed by atoms with Crippen LogP contribution in [0.2, 0.25) is 0 Å². The summed E-state index contributed by atoms with van der Waals surface area (Å²) in [6.07, 6.45) is 11.1. The average Bonchev–Trinajstić information content (AvgIpc) is 2.55. The largest absolute Gasteiger partial charge is 0.261 e. The molecule has 0 amide bonds. The molecule has 2 rings (SSSR count). The fraction of sp³-hybridized carbons (Fsp3) is 0.158. The van der Waals surface area contributed by atoms with Gasteiger partial charge >= 0.3 is 0 Å². The van der Waals surface area contributed by atoms with E-state index >= 15 is 0 Å². The van der Waals surface area contributed by atoms with Gasteiger partial charge in [0.2, 0.25) is 0 Å². The number of allylic oxidation sites excluding steroid dienone is 2. The summed E-state index contributed by atoms with van der Waals surface area (Å²) in [5.74, 6) is 0. The summed E-state index contributed by atoms with van der Waals surface area (Å²) in [6, 6.07) is 20.0. The highest BCUT2D eigenvalue weighted by Gasteiger charge is 1.85. The Labute approximate surface area is 126 Å². The van der Waals surface area contributed by atoms with E-state index in [0.29, 0.717) is 0 Å². The van der Waals surface area contributed by atoms with Crippen LogP contribution in [-0.4, -0.2) is 12.4 Å². The van der Waals surface area contributed by atoms with Gasteiger partial charge in [-0.05, 0) is 49.6 Å². The zero-order chi connectivity index (χ0) is 14.6. The molecule has 0 spiro atoms. The van der Waals surface area contributed by atoms with Crippen LogP contribution in [0.25, 0.3) is 0 Å². The summed E-state index contributed by atoms with van der Waals surface area (Å²) in [7, 11) is 0. The van der Waals surface area contributed by atoms with Crippen LogP contribution in [0.1, 0.15) is 19.3 Å². The maximum atomic E-state index is 4.40. The Morgan fingerprint density at radius 1 is 0.714 bits per heavy atom. The molecule has 2 aromatic carbocycles. The van der Waals surface area contributed by atoms with Crippen LogP contribution in [0.3, 0.4) is 0 Å². The van der Waals surface area contributed by atoms with Gasteiger partial charge < -0.3 is 0 Å². The number of benzene rings is 2. The zero-order valence-electron chi connectivity index (χ0n) is 12.1. The Hall–Kier alpha value is -2.48. The van der Waals surface area contributed by atoms with Crippen molar-refractivity contribution < 1.29 is 0 Å². The van der Waals surface area contributed by atoms with Crippen LogP contribution < -0.4 is 0 Å². The quantitative estimate of drug-likeness (QED) is 0.470. The molecule has 0 aliphatic rings. The summed E-state index contributed by atoms with van der Waals surface area (Å²) >= 11 is 0. The van der Waals surface area contributed by atoms with Gasteiger partial charge in [-0.3, -0.25) is 9.98 Å². The Bertz CT molecular complexity index is 583. The third-order valence-corrected chi connectivity index (χ3v) is 2.90. The van der Waals surface area contributed by atoms with Crippen LogP contribution in [-0.2, 0) is 0 Å². The Morgan fingerprint density at radius 3 is 2.00 bits per heavy atom. The van der Waals surface area contributed by atoms with Crippen molar-refractivity contribution >= 4 is 23.8 Å². The van der Waals surface area contributed by atoms with Crippen molar-refractivity contribution in [1.29, 1.82) is 0 Å². The van der Waals surface area contributed by atoms with Crippen LogP contribution in [0.5, 0.6) is 0 Å². The van der Waals surface area contributed by atoms with E-state index in [-0.39, 0.29) is 0 Å². The minimum absolute atomic E-state index is 0.983. The fourth-order valence-corrected chi connectivity index (χ4v) is 1.81. The molecule has 0 unspecified atom stereocenters. The molecule has 2 nitrogen and oxygen atoms in total. The van der Waals surface area contributed by atoms with Crippen LogP contribution >= 0.6 is 0 Å². The highest BCUT2D eigenvalue weighted by atomic mass is 14.7. The van der Waals surface area contributed by atoms with E-state index < -0.39 is 0 Å². The molecule has 0 aliphatic carbocycles. The molecular weight excluding hydrogens is 256 g/mol. The maximum Gasteiger partial charge on any atom is 0.0629 e. The average molecular weight is 276 g/mol. The van der Waals surface area contributed by atoms with E-state index in [1.165, 1.54) is 0 Å². The van der Waals surface area contributed by atoms with Crippen LogP contribution in [0.15, 0.2) is 82.8 Å². The highest BCUT2D eigenvalue weighted by molar-refractivity contribution is 5.74. The van der Waals surface area contributed by atoms with Gasteiger partial charge in [0.05, 0.1) is 11.4 Å². The van der Waals surface area contributed by atoms with Crippen molar-refractivity contribution in [3.05, 3.63) is 72.8 Å². The van der Waals surface area contributed by atoms with E-state index in [1.807, 2.05) is 79.2 Å². The van der Waals surface area contributed by atoms with Gasteiger partial charge in [-0.15, -0.1) is 0 Å². The SMILES string of the molecule is C(=CCCCC=Nc1ccccc1)C=Nc1ccccc1. The molecular formula is C19H20N2. The number of rotatable bonds is 7. The molecule has 0 radical (unpaired) electrons. The number of nitrogens with zero attached hydrogens (tertiary/aromatic N) is 2. The van der Waals surface area contributed by atoms with Crippen molar-refractivity contribution in [2.75, 3.05) is 0 Å². The normalized spacial score (nSPS) is 11.8. The molecule has 0 atom stereocenters. The van der Waals surface area contributed by atoms with Gasteiger partial charge in [0.25, 0.3) is 0 Å². The van der Waals surface area contributed by atoms with E-state index in [0.717, 1.165) is 30.6 Å². The maximum absolute atomic E-state index is 4.40. The van der Waals surface area contributed by atoms with E-state index in [9.17, 15) is 0 Å². The third-order valence-electron chi connectivity index (χ3n) is 2.90. The van der Waals surface area contributed by atoms with Crippen molar-refractivity contribution in [3.8, 4) is 0 Å². The highest BCUT2D eigenvalue weighted by Crippen LogP contribution is 2.09. The first-order valence-electron chi connectivity index (χ1n) is 7.27. The smallest absolute Gasteiger partial charge is 0.0629 e. The molecule has 106 valence electrons. The van der Waals surface area contributed by atoms with E-state index in [1.54, 1.807) is 0 Å². The van der Waals surface area contributed by atoms with Gasteiger partial charge in [-0.25, -0.2) is 0 Å². The number of hydrogen-bond donors (Lipinski definition) is 0. The number of unbranched alkanes of at least 4 members (excludes halogenated alkanes) is 2. The summed E-state index contributed by atoms with van der Waals surface area (Å²) in [6.45, 7) is 0. The lowest BCUT2D eigenvalue weighted by atomic mass is 10.2. The second kappa shape index (κ2) is 9.43. The van der Waals surface area contributed by atoms with Gasteiger partial charge in [-0.2, -0.15) is 0 Å². The second-order valence-corrected chi connectivity index (χ2v) is 4.62. The van der Waals surface area contributed by atoms with Gasteiger partial charge in [0, 0.05) is 12.4 Å². The zero-order valence-corrected chi connectivity index (χ0v) is 12.1. The second-order valence-electron chi connectivity index (χ2n) is 4.62. The summed E-state index contributed by atoms with van der Waals surface area (Å²) in [5.41, 5.74) is 2.00. The molecule has 0 fully saturated rings. The lowest BCUT2D eigenvalue weighted by molar-refractivity contribution is 0.904. The van der Waals surface area contributed by atoms with Gasteiger partial charge in [-0.1, -0.05) is 42.5 Å². The fourth-order valence-electron chi connectivity index (χ4n) is 1.81. The summed E-state index contributed by atoms with van der Waals surface area (Å²) in [4.78, 5) is 8.75. The molecule has 21 heavy (non-hydrogen) atoms. The van der Waals surface area contributed by atoms with Crippen molar-refractivity contribution in [1.82, 2.24) is 0 Å². The monoisotopic (exact) mass is 276 g/mol. The molecule has 0 saturated carbocycles. The standard InChI is InChI=1S/C19H20N2/c1(2-10-16-20-18-12-6-4-7-13-18)3-11-17-21-19-14-8-5-9-15-19/h2,4-10,12-17H,1,3,11H2. The molecule has 0 heterocycles. The van der Waals surface area contributed by atoms with Crippen molar-refractivity contribution in [3.63, 3.8) is 0 Å². The molecule has 0 aromatic heterocycles. The van der Waals surface area contributed by atoms with E-state index in [2.05, 4.69) is 16.1 Å².